The fourth-order valence-electron chi connectivity index (χ4n) is 0.894. The number of phenolic OH excluding ortho intramolecular Hbond substituents is 1. The normalized spacial score (nSPS) is 9.62. The van der Waals surface area contributed by atoms with Gasteiger partial charge in [0.05, 0.1) is 10.9 Å². The first-order valence-electron chi connectivity index (χ1n) is 3.56. The van der Waals surface area contributed by atoms with Gasteiger partial charge >= 0.3 is 0 Å². The van der Waals surface area contributed by atoms with Crippen molar-refractivity contribution in [3.63, 3.8) is 0 Å². The van der Waals surface area contributed by atoms with Crippen molar-refractivity contribution in [2.45, 2.75) is 0 Å². The van der Waals surface area contributed by atoms with Crippen LogP contribution in [-0.2, 0) is 0 Å². The van der Waals surface area contributed by atoms with Crippen LogP contribution in [0.5, 0.6) is 5.75 Å². The van der Waals surface area contributed by atoms with Crippen LogP contribution in [0, 0.1) is 0 Å². The number of benzene rings is 1. The van der Waals surface area contributed by atoms with E-state index < -0.39 is 0 Å². The number of alkyl halides is 1. The number of hydrogen-bond acceptors (Lipinski definition) is 3. The molecule has 0 aliphatic rings. The van der Waals surface area contributed by atoms with Crippen molar-refractivity contribution in [2.24, 2.45) is 0 Å². The lowest BCUT2D eigenvalue weighted by Gasteiger charge is -2.00. The van der Waals surface area contributed by atoms with Gasteiger partial charge in [-0.2, -0.15) is 0 Å². The van der Waals surface area contributed by atoms with E-state index in [1.165, 1.54) is 18.2 Å². The number of carbonyl (C=O) groups is 2. The summed E-state index contributed by atoms with van der Waals surface area (Å²) in [6, 6.07) is 4.21. The second-order valence-corrected chi connectivity index (χ2v) is 3.01. The molecule has 1 N–H and O–H groups in total. The van der Waals surface area contributed by atoms with E-state index in [1.807, 2.05) is 0 Å². The number of Topliss-reactive ketones (excluding diaryl/α,β-unsaturated/α-hetero) is 1. The maximum atomic E-state index is 11.1. The van der Waals surface area contributed by atoms with Crippen LogP contribution < -0.4 is 0 Å². The molecule has 0 radical (unpaired) electrons. The first-order valence-corrected chi connectivity index (χ1v) is 4.68. The number of ketones is 1. The molecule has 1 aromatic rings. The fraction of sp³-hybridized carbons (Fsp3) is 0.111. The van der Waals surface area contributed by atoms with Crippen LogP contribution in [0.4, 0.5) is 0 Å². The standard InChI is InChI=1S/C9H7BrO3/c10-4-9(13)6-1-2-7(5-11)8(12)3-6/h1-3,5,12H,4H2. The quantitative estimate of drug-likeness (QED) is 0.500. The Kier molecular flexibility index (Phi) is 3.19. The summed E-state index contributed by atoms with van der Waals surface area (Å²) >= 11 is 3.01. The molecule has 0 heterocycles. The number of aromatic hydroxyl groups is 1. The Morgan fingerprint density at radius 3 is 2.69 bits per heavy atom. The SMILES string of the molecule is O=Cc1ccc(C(=O)CBr)cc1O. The summed E-state index contributed by atoms with van der Waals surface area (Å²) in [7, 11) is 0. The van der Waals surface area contributed by atoms with Crippen molar-refractivity contribution in [2.75, 3.05) is 5.33 Å². The highest BCUT2D eigenvalue weighted by molar-refractivity contribution is 9.09. The minimum absolute atomic E-state index is 0.132. The molecule has 0 saturated carbocycles. The molecule has 3 nitrogen and oxygen atoms in total. The van der Waals surface area contributed by atoms with Crippen LogP contribution >= 0.6 is 15.9 Å². The summed E-state index contributed by atoms with van der Waals surface area (Å²) in [5.74, 6) is -0.297. The Balaban J connectivity index is 3.09. The Labute approximate surface area is 83.5 Å². The zero-order valence-electron chi connectivity index (χ0n) is 6.66. The van der Waals surface area contributed by atoms with Gasteiger partial charge in [0.25, 0.3) is 0 Å². The summed E-state index contributed by atoms with van der Waals surface area (Å²) < 4.78 is 0. The number of aldehydes is 1. The molecule has 0 spiro atoms. The second kappa shape index (κ2) is 4.18. The predicted molar refractivity (Wildman–Crippen MR) is 51.6 cm³/mol. The van der Waals surface area contributed by atoms with Gasteiger partial charge in [-0.3, -0.25) is 9.59 Å². The van der Waals surface area contributed by atoms with Crippen molar-refractivity contribution >= 4 is 28.0 Å². The zero-order chi connectivity index (χ0) is 9.84. The van der Waals surface area contributed by atoms with Gasteiger partial charge in [-0.05, 0) is 12.1 Å². The summed E-state index contributed by atoms with van der Waals surface area (Å²) in [6.07, 6.45) is 0.539. The van der Waals surface area contributed by atoms with Crippen molar-refractivity contribution in [3.8, 4) is 5.75 Å². The van der Waals surface area contributed by atoms with Gasteiger partial charge in [-0.25, -0.2) is 0 Å². The van der Waals surface area contributed by atoms with Gasteiger partial charge < -0.3 is 5.11 Å². The topological polar surface area (TPSA) is 54.4 Å². The molecule has 0 atom stereocenters. The van der Waals surface area contributed by atoms with E-state index in [1.54, 1.807) is 0 Å². The molecule has 1 aromatic carbocycles. The third kappa shape index (κ3) is 2.15. The summed E-state index contributed by atoms with van der Waals surface area (Å²) in [5.41, 5.74) is 0.575. The van der Waals surface area contributed by atoms with Crippen molar-refractivity contribution in [1.82, 2.24) is 0 Å². The van der Waals surface area contributed by atoms with Crippen molar-refractivity contribution in [3.05, 3.63) is 29.3 Å². The van der Waals surface area contributed by atoms with Gasteiger partial charge in [0, 0.05) is 5.56 Å². The Morgan fingerprint density at radius 2 is 2.23 bits per heavy atom. The Hall–Kier alpha value is -1.16. The molecule has 0 aliphatic heterocycles. The highest BCUT2D eigenvalue weighted by atomic mass is 79.9. The molecule has 0 fully saturated rings. The number of carbonyl (C=O) groups excluding carboxylic acids is 2. The second-order valence-electron chi connectivity index (χ2n) is 2.45. The molecular formula is C9H7BrO3. The third-order valence-corrected chi connectivity index (χ3v) is 2.11. The molecule has 0 amide bonds. The molecule has 0 bridgehead atoms. The Bertz CT molecular complexity index is 347. The van der Waals surface area contributed by atoms with Crippen LogP contribution in [0.2, 0.25) is 0 Å². The maximum absolute atomic E-state index is 11.1. The van der Waals surface area contributed by atoms with Gasteiger partial charge in [0.2, 0.25) is 0 Å². The summed E-state index contributed by atoms with van der Waals surface area (Å²) in [4.78, 5) is 21.4. The fourth-order valence-corrected chi connectivity index (χ4v) is 1.22. The average molecular weight is 243 g/mol. The van der Waals surface area contributed by atoms with E-state index in [0.29, 0.717) is 11.8 Å². The van der Waals surface area contributed by atoms with Crippen molar-refractivity contribution < 1.29 is 14.7 Å². The monoisotopic (exact) mass is 242 g/mol. The van der Waals surface area contributed by atoms with E-state index >= 15 is 0 Å². The summed E-state index contributed by atoms with van der Waals surface area (Å²) in [5, 5.41) is 9.44. The summed E-state index contributed by atoms with van der Waals surface area (Å²) in [6.45, 7) is 0. The molecule has 0 aliphatic carbocycles. The number of halogens is 1. The largest absolute Gasteiger partial charge is 0.507 e. The van der Waals surface area contributed by atoms with Gasteiger partial charge in [-0.1, -0.05) is 22.0 Å². The van der Waals surface area contributed by atoms with Gasteiger partial charge in [0.1, 0.15) is 5.75 Å². The van der Waals surface area contributed by atoms with Crippen LogP contribution in [0.15, 0.2) is 18.2 Å². The lowest BCUT2D eigenvalue weighted by atomic mass is 10.1. The molecule has 13 heavy (non-hydrogen) atoms. The first-order chi connectivity index (χ1) is 6.19. The van der Waals surface area contributed by atoms with E-state index in [2.05, 4.69) is 15.9 Å². The molecule has 0 saturated heterocycles. The average Bonchev–Trinajstić information content (AvgIpc) is 2.16. The molecule has 68 valence electrons. The van der Waals surface area contributed by atoms with Crippen LogP contribution in [0.25, 0.3) is 0 Å². The molecule has 0 aromatic heterocycles. The predicted octanol–water partition coefficient (Wildman–Crippen LogP) is 1.78. The zero-order valence-corrected chi connectivity index (χ0v) is 8.24. The Morgan fingerprint density at radius 1 is 1.54 bits per heavy atom. The minimum Gasteiger partial charge on any atom is -0.507 e. The van der Waals surface area contributed by atoms with Gasteiger partial charge in [-0.15, -0.1) is 0 Å². The first kappa shape index (κ1) is 9.92. The smallest absolute Gasteiger partial charge is 0.173 e. The van der Waals surface area contributed by atoms with E-state index in [0.717, 1.165) is 0 Å². The third-order valence-electron chi connectivity index (χ3n) is 1.60. The molecular weight excluding hydrogens is 236 g/mol. The van der Waals surface area contributed by atoms with Crippen molar-refractivity contribution in [1.29, 1.82) is 0 Å². The minimum atomic E-state index is -0.165. The number of phenols is 1. The van der Waals surface area contributed by atoms with E-state index in [-0.39, 0.29) is 22.4 Å². The number of rotatable bonds is 3. The van der Waals surface area contributed by atoms with E-state index in [9.17, 15) is 14.7 Å². The van der Waals surface area contributed by atoms with Crippen LogP contribution in [0.3, 0.4) is 0 Å². The van der Waals surface area contributed by atoms with Crippen LogP contribution in [-0.4, -0.2) is 22.5 Å². The van der Waals surface area contributed by atoms with Gasteiger partial charge in [0.15, 0.2) is 12.1 Å². The number of hydrogen-bond donors (Lipinski definition) is 1. The highest BCUT2D eigenvalue weighted by Crippen LogP contribution is 2.17. The van der Waals surface area contributed by atoms with Crippen LogP contribution in [0.1, 0.15) is 20.7 Å². The van der Waals surface area contributed by atoms with E-state index in [4.69, 9.17) is 0 Å². The lowest BCUT2D eigenvalue weighted by molar-refractivity contribution is 0.102. The lowest BCUT2D eigenvalue weighted by Crippen LogP contribution is -1.99. The maximum Gasteiger partial charge on any atom is 0.173 e. The highest BCUT2D eigenvalue weighted by Gasteiger charge is 2.06. The molecule has 4 heteroatoms. The molecule has 0 unspecified atom stereocenters. The molecule has 1 rings (SSSR count).